The zero-order valence-electron chi connectivity index (χ0n) is 13.8. The van der Waals surface area contributed by atoms with E-state index < -0.39 is 0 Å². The Morgan fingerprint density at radius 3 is 2.80 bits per heavy atom. The van der Waals surface area contributed by atoms with E-state index in [1.54, 1.807) is 12.4 Å². The Balaban J connectivity index is 1.56. The highest BCUT2D eigenvalue weighted by atomic mass is 35.5. The van der Waals surface area contributed by atoms with Gasteiger partial charge in [0.1, 0.15) is 0 Å². The predicted octanol–water partition coefficient (Wildman–Crippen LogP) is 4.28. The minimum atomic E-state index is -0.263. The van der Waals surface area contributed by atoms with Crippen LogP contribution in [0, 0.1) is 6.92 Å². The summed E-state index contributed by atoms with van der Waals surface area (Å²) < 4.78 is 0. The third-order valence-electron chi connectivity index (χ3n) is 3.69. The maximum Gasteiger partial charge on any atom is 0.319 e. The normalized spacial score (nSPS) is 10.5. The fourth-order valence-corrected chi connectivity index (χ4v) is 2.91. The highest BCUT2D eigenvalue weighted by Gasteiger charge is 2.04. The zero-order valence-corrected chi connectivity index (χ0v) is 14.6. The number of carbonyl (C=O) groups is 1. The minimum Gasteiger partial charge on any atom is -0.348 e. The van der Waals surface area contributed by atoms with Crippen molar-refractivity contribution in [3.63, 3.8) is 0 Å². The first-order chi connectivity index (χ1) is 12.1. The molecule has 1 heterocycles. The molecule has 0 radical (unpaired) electrons. The number of hydrogen-bond acceptors (Lipinski definition) is 2. The Labute approximate surface area is 151 Å². The molecule has 25 heavy (non-hydrogen) atoms. The van der Waals surface area contributed by atoms with Gasteiger partial charge in [0.15, 0.2) is 0 Å². The molecule has 0 aliphatic rings. The number of anilines is 1. The van der Waals surface area contributed by atoms with Crippen molar-refractivity contribution in [2.75, 3.05) is 5.32 Å². The minimum absolute atomic E-state index is 0.263. The van der Waals surface area contributed by atoms with Crippen LogP contribution in [0.25, 0.3) is 0 Å². The first kappa shape index (κ1) is 17.0. The van der Waals surface area contributed by atoms with Crippen molar-refractivity contribution in [3.8, 4) is 0 Å². The molecule has 1 aromatic heterocycles. The summed E-state index contributed by atoms with van der Waals surface area (Å²) in [5, 5.41) is 6.26. The van der Waals surface area contributed by atoms with E-state index in [4.69, 9.17) is 11.6 Å². The number of nitrogens with zero attached hydrogens (tertiary/aromatic N) is 1. The van der Waals surface area contributed by atoms with Crippen LogP contribution in [0.5, 0.6) is 0 Å². The fraction of sp³-hybridized carbons (Fsp3) is 0.158. The molecule has 0 atom stereocenters. The Bertz CT molecular complexity index is 841. The van der Waals surface area contributed by atoms with Crippen LogP contribution in [0.4, 0.5) is 10.5 Å². The van der Waals surface area contributed by atoms with Gasteiger partial charge in [0.05, 0.1) is 6.33 Å². The monoisotopic (exact) mass is 354 g/mol. The van der Waals surface area contributed by atoms with Crippen molar-refractivity contribution in [3.05, 3.63) is 82.4 Å². The van der Waals surface area contributed by atoms with Crippen molar-refractivity contribution >= 4 is 23.3 Å². The van der Waals surface area contributed by atoms with Gasteiger partial charge in [-0.1, -0.05) is 35.9 Å². The average molecular weight is 355 g/mol. The molecule has 3 aromatic rings. The van der Waals surface area contributed by atoms with Crippen molar-refractivity contribution < 1.29 is 4.79 Å². The zero-order chi connectivity index (χ0) is 17.6. The summed E-state index contributed by atoms with van der Waals surface area (Å²) in [6.07, 6.45) is 4.26. The molecule has 0 fully saturated rings. The predicted molar refractivity (Wildman–Crippen MR) is 99.9 cm³/mol. The Morgan fingerprint density at radius 1 is 1.20 bits per heavy atom. The molecule has 3 rings (SSSR count). The molecular formula is C19H19ClN4O. The van der Waals surface area contributed by atoms with E-state index in [1.165, 1.54) is 0 Å². The van der Waals surface area contributed by atoms with Crippen LogP contribution in [0.15, 0.2) is 55.0 Å². The third-order valence-corrected chi connectivity index (χ3v) is 3.91. The summed E-state index contributed by atoms with van der Waals surface area (Å²) in [6.45, 7) is 2.38. The van der Waals surface area contributed by atoms with Crippen molar-refractivity contribution in [2.24, 2.45) is 0 Å². The molecule has 0 saturated heterocycles. The number of aryl methyl sites for hydroxylation is 1. The summed E-state index contributed by atoms with van der Waals surface area (Å²) in [7, 11) is 0. The number of urea groups is 1. The van der Waals surface area contributed by atoms with E-state index in [-0.39, 0.29) is 6.03 Å². The third kappa shape index (κ3) is 5.09. The summed E-state index contributed by atoms with van der Waals surface area (Å²) in [5.74, 6) is 0. The van der Waals surface area contributed by atoms with E-state index in [0.717, 1.165) is 28.8 Å². The largest absolute Gasteiger partial charge is 0.348 e. The number of aromatic amines is 1. The second kappa shape index (κ2) is 7.85. The lowest BCUT2D eigenvalue weighted by atomic mass is 10.1. The molecule has 0 bridgehead atoms. The van der Waals surface area contributed by atoms with Crippen molar-refractivity contribution in [2.45, 2.75) is 19.9 Å². The number of rotatable bonds is 5. The van der Waals surface area contributed by atoms with Crippen LogP contribution in [-0.4, -0.2) is 16.0 Å². The van der Waals surface area contributed by atoms with Crippen molar-refractivity contribution in [1.82, 2.24) is 15.3 Å². The van der Waals surface area contributed by atoms with Gasteiger partial charge in [0, 0.05) is 35.6 Å². The quantitative estimate of drug-likeness (QED) is 0.640. The molecule has 0 aliphatic heterocycles. The number of hydrogen-bond donors (Lipinski definition) is 3. The van der Waals surface area contributed by atoms with Gasteiger partial charge in [0.2, 0.25) is 0 Å². The maximum atomic E-state index is 12.1. The van der Waals surface area contributed by atoms with Crippen LogP contribution in [0.2, 0.25) is 5.02 Å². The Morgan fingerprint density at radius 2 is 2.04 bits per heavy atom. The van der Waals surface area contributed by atoms with Crippen molar-refractivity contribution in [1.29, 1.82) is 0 Å². The lowest BCUT2D eigenvalue weighted by Crippen LogP contribution is -2.28. The van der Waals surface area contributed by atoms with E-state index in [9.17, 15) is 4.79 Å². The van der Waals surface area contributed by atoms with Gasteiger partial charge in [-0.3, -0.25) is 0 Å². The van der Waals surface area contributed by atoms with Gasteiger partial charge < -0.3 is 15.6 Å². The van der Waals surface area contributed by atoms with E-state index in [2.05, 4.69) is 32.7 Å². The van der Waals surface area contributed by atoms with Crippen LogP contribution in [0.3, 0.4) is 0 Å². The molecule has 0 spiro atoms. The van der Waals surface area contributed by atoms with Gasteiger partial charge in [-0.15, -0.1) is 0 Å². The number of H-pyrrole nitrogens is 1. The molecule has 2 aromatic carbocycles. The molecule has 128 valence electrons. The number of halogens is 1. The van der Waals surface area contributed by atoms with E-state index in [0.29, 0.717) is 17.3 Å². The number of aromatic nitrogens is 2. The first-order valence-electron chi connectivity index (χ1n) is 7.95. The van der Waals surface area contributed by atoms with Crippen LogP contribution in [0.1, 0.15) is 22.4 Å². The standard InChI is InChI=1S/C19H19ClN4O/c1-13-5-16(20)9-17(6-13)24-19(25)22-10-15-4-2-3-14(7-15)8-18-11-21-12-23-18/h2-7,9,11-12H,8,10H2,1H3,(H,21,23)(H2,22,24,25). The molecule has 0 saturated carbocycles. The maximum absolute atomic E-state index is 12.1. The van der Waals surface area contributed by atoms with Gasteiger partial charge >= 0.3 is 6.03 Å². The Hall–Kier alpha value is -2.79. The van der Waals surface area contributed by atoms with Crippen LogP contribution in [-0.2, 0) is 13.0 Å². The number of benzene rings is 2. The van der Waals surface area contributed by atoms with Gasteiger partial charge in [0.25, 0.3) is 0 Å². The SMILES string of the molecule is Cc1cc(Cl)cc(NC(=O)NCc2cccc(Cc3cnc[nH]3)c2)c1. The molecule has 3 N–H and O–H groups in total. The average Bonchev–Trinajstić information content (AvgIpc) is 3.05. The summed E-state index contributed by atoms with van der Waals surface area (Å²) >= 11 is 6.00. The fourth-order valence-electron chi connectivity index (χ4n) is 2.62. The summed E-state index contributed by atoms with van der Waals surface area (Å²) in [4.78, 5) is 19.2. The molecule has 0 aliphatic carbocycles. The van der Waals surface area contributed by atoms with E-state index in [1.807, 2.05) is 37.4 Å². The highest BCUT2D eigenvalue weighted by molar-refractivity contribution is 6.31. The number of nitrogens with one attached hydrogen (secondary N) is 3. The highest BCUT2D eigenvalue weighted by Crippen LogP contribution is 2.18. The molecular weight excluding hydrogens is 336 g/mol. The van der Waals surface area contributed by atoms with Crippen LogP contribution >= 0.6 is 11.6 Å². The van der Waals surface area contributed by atoms with Gasteiger partial charge in [-0.2, -0.15) is 0 Å². The second-order valence-electron chi connectivity index (χ2n) is 5.90. The Kier molecular flexibility index (Phi) is 5.36. The topological polar surface area (TPSA) is 69.8 Å². The summed E-state index contributed by atoms with van der Waals surface area (Å²) in [5.41, 5.74) is 4.92. The molecule has 6 heteroatoms. The second-order valence-corrected chi connectivity index (χ2v) is 6.33. The first-order valence-corrected chi connectivity index (χ1v) is 8.33. The smallest absolute Gasteiger partial charge is 0.319 e. The molecule has 2 amide bonds. The lowest BCUT2D eigenvalue weighted by molar-refractivity contribution is 0.251. The molecule has 5 nitrogen and oxygen atoms in total. The molecule has 0 unspecified atom stereocenters. The summed E-state index contributed by atoms with van der Waals surface area (Å²) in [6, 6.07) is 13.3. The van der Waals surface area contributed by atoms with Gasteiger partial charge in [-0.25, -0.2) is 9.78 Å². The van der Waals surface area contributed by atoms with E-state index >= 15 is 0 Å². The van der Waals surface area contributed by atoms with Gasteiger partial charge in [-0.05, 0) is 41.8 Å². The number of amides is 2. The lowest BCUT2D eigenvalue weighted by Gasteiger charge is -2.10. The van der Waals surface area contributed by atoms with Crippen LogP contribution < -0.4 is 10.6 Å². The number of imidazole rings is 1. The number of carbonyl (C=O) groups excluding carboxylic acids is 1.